The first-order chi connectivity index (χ1) is 10.0. The summed E-state index contributed by atoms with van der Waals surface area (Å²) in [5.74, 6) is 0.0368. The lowest BCUT2D eigenvalue weighted by Gasteiger charge is -2.20. The predicted octanol–water partition coefficient (Wildman–Crippen LogP) is 4.80. The molecular weight excluding hydrogens is 285 g/mol. The molecule has 0 aliphatic rings. The first-order valence-electron chi connectivity index (χ1n) is 7.28. The Morgan fingerprint density at radius 3 is 2.52 bits per heavy atom. The van der Waals surface area contributed by atoms with Gasteiger partial charge in [-0.2, -0.15) is 0 Å². The Hall–Kier alpha value is -1.38. The largest absolute Gasteiger partial charge is 0.314 e. The number of hydrogen-bond acceptors (Lipinski definition) is 1. The maximum absolute atomic E-state index is 13.5. The fraction of sp³-hybridized carbons (Fsp3) is 0.333. The third kappa shape index (κ3) is 5.14. The van der Waals surface area contributed by atoms with Crippen molar-refractivity contribution < 1.29 is 4.39 Å². The zero-order valence-electron chi connectivity index (χ0n) is 12.4. The van der Waals surface area contributed by atoms with Crippen molar-refractivity contribution in [3.05, 3.63) is 70.5 Å². The van der Waals surface area contributed by atoms with Crippen molar-refractivity contribution in [2.24, 2.45) is 0 Å². The third-order valence-electron chi connectivity index (χ3n) is 3.46. The lowest BCUT2D eigenvalue weighted by molar-refractivity contribution is 0.524. The van der Waals surface area contributed by atoms with E-state index < -0.39 is 0 Å². The molecule has 0 bridgehead atoms. The van der Waals surface area contributed by atoms with E-state index in [2.05, 4.69) is 25.2 Å². The molecule has 2 aromatic carbocycles. The SMILES string of the molecule is CC(C)NCC(Cc1cccc(Cl)c1)c1cccc(F)c1. The molecule has 0 aromatic heterocycles. The lowest BCUT2D eigenvalue weighted by atomic mass is 9.91. The fourth-order valence-electron chi connectivity index (χ4n) is 2.39. The van der Waals surface area contributed by atoms with Crippen LogP contribution in [-0.4, -0.2) is 12.6 Å². The van der Waals surface area contributed by atoms with Gasteiger partial charge < -0.3 is 5.32 Å². The highest BCUT2D eigenvalue weighted by Gasteiger charge is 2.14. The number of nitrogens with one attached hydrogen (secondary N) is 1. The molecule has 21 heavy (non-hydrogen) atoms. The first-order valence-corrected chi connectivity index (χ1v) is 7.65. The van der Waals surface area contributed by atoms with E-state index in [-0.39, 0.29) is 11.7 Å². The van der Waals surface area contributed by atoms with Crippen molar-refractivity contribution >= 4 is 11.6 Å². The van der Waals surface area contributed by atoms with Crippen LogP contribution in [0.5, 0.6) is 0 Å². The Bertz CT molecular complexity index is 583. The van der Waals surface area contributed by atoms with E-state index in [0.29, 0.717) is 6.04 Å². The minimum absolute atomic E-state index is 0.187. The van der Waals surface area contributed by atoms with Crippen molar-refractivity contribution in [1.82, 2.24) is 5.32 Å². The molecule has 0 spiro atoms. The van der Waals surface area contributed by atoms with E-state index in [1.165, 1.54) is 11.6 Å². The average molecular weight is 306 g/mol. The summed E-state index contributed by atoms with van der Waals surface area (Å²) < 4.78 is 13.5. The van der Waals surface area contributed by atoms with Crippen LogP contribution in [0, 0.1) is 5.82 Å². The molecule has 1 unspecified atom stereocenters. The Labute approximate surface area is 131 Å². The summed E-state index contributed by atoms with van der Waals surface area (Å²) in [4.78, 5) is 0. The van der Waals surface area contributed by atoms with Gasteiger partial charge in [0.25, 0.3) is 0 Å². The van der Waals surface area contributed by atoms with Crippen molar-refractivity contribution in [2.45, 2.75) is 32.2 Å². The topological polar surface area (TPSA) is 12.0 Å². The van der Waals surface area contributed by atoms with Crippen LogP contribution in [0.15, 0.2) is 48.5 Å². The molecule has 2 aromatic rings. The van der Waals surface area contributed by atoms with Gasteiger partial charge in [-0.3, -0.25) is 0 Å². The van der Waals surface area contributed by atoms with Crippen LogP contribution in [0.4, 0.5) is 4.39 Å². The molecule has 0 radical (unpaired) electrons. The summed E-state index contributed by atoms with van der Waals surface area (Å²) in [5.41, 5.74) is 2.19. The lowest BCUT2D eigenvalue weighted by Crippen LogP contribution is -2.29. The average Bonchev–Trinajstić information content (AvgIpc) is 2.43. The maximum Gasteiger partial charge on any atom is 0.123 e. The van der Waals surface area contributed by atoms with Gasteiger partial charge in [0.2, 0.25) is 0 Å². The number of benzene rings is 2. The molecular formula is C18H21ClFN. The van der Waals surface area contributed by atoms with Gasteiger partial charge in [-0.05, 0) is 41.8 Å². The number of hydrogen-bond donors (Lipinski definition) is 1. The first kappa shape index (κ1) is 16.0. The van der Waals surface area contributed by atoms with Crippen molar-refractivity contribution in [1.29, 1.82) is 0 Å². The highest BCUT2D eigenvalue weighted by Crippen LogP contribution is 2.23. The van der Waals surface area contributed by atoms with Gasteiger partial charge >= 0.3 is 0 Å². The van der Waals surface area contributed by atoms with Gasteiger partial charge in [0.05, 0.1) is 0 Å². The molecule has 0 saturated heterocycles. The highest BCUT2D eigenvalue weighted by molar-refractivity contribution is 6.30. The minimum atomic E-state index is -0.187. The van der Waals surface area contributed by atoms with E-state index in [9.17, 15) is 4.39 Å². The second kappa shape index (κ2) is 7.58. The zero-order valence-corrected chi connectivity index (χ0v) is 13.2. The van der Waals surface area contributed by atoms with Crippen LogP contribution in [0.2, 0.25) is 5.02 Å². The van der Waals surface area contributed by atoms with E-state index in [1.807, 2.05) is 24.3 Å². The third-order valence-corrected chi connectivity index (χ3v) is 3.70. The Kier molecular flexibility index (Phi) is 5.77. The summed E-state index contributed by atoms with van der Waals surface area (Å²) >= 11 is 6.05. The van der Waals surface area contributed by atoms with Crippen molar-refractivity contribution in [3.63, 3.8) is 0 Å². The second-order valence-corrected chi connectivity index (χ2v) is 6.09. The van der Waals surface area contributed by atoms with Gasteiger partial charge in [-0.1, -0.05) is 49.7 Å². The molecule has 0 aliphatic carbocycles. The predicted molar refractivity (Wildman–Crippen MR) is 87.4 cm³/mol. The molecule has 1 nitrogen and oxygen atoms in total. The van der Waals surface area contributed by atoms with Crippen molar-refractivity contribution in [2.75, 3.05) is 6.54 Å². The van der Waals surface area contributed by atoms with E-state index in [4.69, 9.17) is 11.6 Å². The van der Waals surface area contributed by atoms with Crippen molar-refractivity contribution in [3.8, 4) is 0 Å². The van der Waals surface area contributed by atoms with Crippen LogP contribution in [-0.2, 0) is 6.42 Å². The Morgan fingerprint density at radius 1 is 1.10 bits per heavy atom. The van der Waals surface area contributed by atoms with E-state index in [1.54, 1.807) is 12.1 Å². The van der Waals surface area contributed by atoms with Crippen LogP contribution in [0.25, 0.3) is 0 Å². The molecule has 2 rings (SSSR count). The molecule has 0 fully saturated rings. The van der Waals surface area contributed by atoms with Crippen LogP contribution in [0.3, 0.4) is 0 Å². The normalized spacial score (nSPS) is 12.6. The summed E-state index contributed by atoms with van der Waals surface area (Å²) in [6, 6.07) is 15.1. The van der Waals surface area contributed by atoms with Gasteiger partial charge in [0, 0.05) is 23.5 Å². The van der Waals surface area contributed by atoms with Crippen LogP contribution in [0.1, 0.15) is 30.9 Å². The summed E-state index contributed by atoms with van der Waals surface area (Å²) in [5, 5.41) is 4.18. The molecule has 0 heterocycles. The quantitative estimate of drug-likeness (QED) is 0.808. The minimum Gasteiger partial charge on any atom is -0.314 e. The molecule has 0 saturated carbocycles. The maximum atomic E-state index is 13.5. The molecule has 112 valence electrons. The second-order valence-electron chi connectivity index (χ2n) is 5.65. The Balaban J connectivity index is 2.19. The summed E-state index contributed by atoms with van der Waals surface area (Å²) in [6.45, 7) is 5.04. The number of halogens is 2. The standard InChI is InChI=1S/C18H21ClFN/c1-13(2)21-12-16(15-6-4-8-18(20)11-15)9-14-5-3-7-17(19)10-14/h3-8,10-11,13,16,21H,9,12H2,1-2H3. The van der Waals surface area contributed by atoms with Gasteiger partial charge in [0.1, 0.15) is 5.82 Å². The molecule has 0 aliphatic heterocycles. The number of rotatable bonds is 6. The Morgan fingerprint density at radius 2 is 1.86 bits per heavy atom. The molecule has 0 amide bonds. The molecule has 1 atom stereocenters. The van der Waals surface area contributed by atoms with Gasteiger partial charge in [-0.25, -0.2) is 4.39 Å². The summed E-state index contributed by atoms with van der Waals surface area (Å²) in [6.07, 6.45) is 0.837. The molecule has 1 N–H and O–H groups in total. The zero-order chi connectivity index (χ0) is 15.2. The van der Waals surface area contributed by atoms with Crippen LogP contribution < -0.4 is 5.32 Å². The summed E-state index contributed by atoms with van der Waals surface area (Å²) in [7, 11) is 0. The van der Waals surface area contributed by atoms with Crippen LogP contribution >= 0.6 is 11.6 Å². The highest BCUT2D eigenvalue weighted by atomic mass is 35.5. The molecule has 3 heteroatoms. The van der Waals surface area contributed by atoms with Gasteiger partial charge in [-0.15, -0.1) is 0 Å². The van der Waals surface area contributed by atoms with E-state index >= 15 is 0 Å². The smallest absolute Gasteiger partial charge is 0.123 e. The monoisotopic (exact) mass is 305 g/mol. The van der Waals surface area contributed by atoms with E-state index in [0.717, 1.165) is 23.6 Å². The fourth-order valence-corrected chi connectivity index (χ4v) is 2.61. The van der Waals surface area contributed by atoms with Gasteiger partial charge in [0.15, 0.2) is 0 Å².